The van der Waals surface area contributed by atoms with E-state index in [0.29, 0.717) is 0 Å². The molecular weight excluding hydrogens is 398 g/mol. The van der Waals surface area contributed by atoms with Crippen molar-refractivity contribution < 1.29 is 22.8 Å². The minimum atomic E-state index is -3.64. The van der Waals surface area contributed by atoms with Crippen LogP contribution in [0.1, 0.15) is 11.1 Å². The van der Waals surface area contributed by atoms with E-state index in [4.69, 9.17) is 9.47 Å². The molecule has 10 heteroatoms. The maximum Gasteiger partial charge on any atom is 0.315 e. The summed E-state index contributed by atoms with van der Waals surface area (Å²) in [6.07, 6.45) is 3.59. The molecule has 2 aromatic carbocycles. The van der Waals surface area contributed by atoms with Crippen molar-refractivity contribution >= 4 is 15.7 Å². The van der Waals surface area contributed by atoms with Gasteiger partial charge in [0.2, 0.25) is 15.8 Å². The van der Waals surface area contributed by atoms with Crippen LogP contribution in [0.3, 0.4) is 0 Å². The predicted molar refractivity (Wildman–Crippen MR) is 107 cm³/mol. The molecule has 0 aliphatic heterocycles. The Bertz CT molecular complexity index is 1170. The molecule has 29 heavy (non-hydrogen) atoms. The number of nitro benzene ring substituents is 1. The van der Waals surface area contributed by atoms with Gasteiger partial charge < -0.3 is 9.47 Å². The largest absolute Gasteiger partial charge is 0.493 e. The lowest BCUT2D eigenvalue weighted by Gasteiger charge is -2.13. The summed E-state index contributed by atoms with van der Waals surface area (Å²) in [5, 5.41) is 11.7. The number of nitro groups is 1. The van der Waals surface area contributed by atoms with Crippen LogP contribution < -0.4 is 9.47 Å². The van der Waals surface area contributed by atoms with Gasteiger partial charge in [-0.15, -0.1) is 0 Å². The van der Waals surface area contributed by atoms with Gasteiger partial charge in [-0.2, -0.15) is 0 Å². The first-order valence-electron chi connectivity index (χ1n) is 8.49. The Kier molecular flexibility index (Phi) is 5.55. The van der Waals surface area contributed by atoms with Crippen LogP contribution in [0.5, 0.6) is 11.5 Å². The third kappa shape index (κ3) is 4.37. The standard InChI is InChI=1S/C19H19N3O6S/c1-13-5-4-6-14(9-13)12-28-18-16(22(23)24)10-15(11-17(18)27-2)19-20-7-8-21(19)29(3,25)26/h4-11H,12H2,1-3H3. The second kappa shape index (κ2) is 7.92. The quantitative estimate of drug-likeness (QED) is 0.428. The van der Waals surface area contributed by atoms with E-state index in [9.17, 15) is 18.5 Å². The molecule has 0 spiro atoms. The Morgan fingerprint density at radius 2 is 2.00 bits per heavy atom. The maximum atomic E-state index is 11.9. The Hall–Kier alpha value is -3.40. The molecule has 0 atom stereocenters. The molecule has 0 radical (unpaired) electrons. The molecule has 0 saturated carbocycles. The number of nitrogens with zero attached hydrogens (tertiary/aromatic N) is 3. The molecule has 0 bridgehead atoms. The zero-order valence-corrected chi connectivity index (χ0v) is 16.8. The van der Waals surface area contributed by atoms with Gasteiger partial charge in [0.25, 0.3) is 0 Å². The number of hydrogen-bond acceptors (Lipinski definition) is 7. The Morgan fingerprint density at radius 1 is 1.24 bits per heavy atom. The fourth-order valence-corrected chi connectivity index (χ4v) is 3.61. The average Bonchev–Trinajstić information content (AvgIpc) is 3.16. The fourth-order valence-electron chi connectivity index (χ4n) is 2.87. The summed E-state index contributed by atoms with van der Waals surface area (Å²) < 4.78 is 35.9. The van der Waals surface area contributed by atoms with Crippen LogP contribution in [0, 0.1) is 17.0 Å². The van der Waals surface area contributed by atoms with Crippen LogP contribution in [0.25, 0.3) is 11.4 Å². The first-order valence-corrected chi connectivity index (χ1v) is 10.3. The Labute approximate surface area is 167 Å². The van der Waals surface area contributed by atoms with E-state index in [0.717, 1.165) is 21.4 Å². The summed E-state index contributed by atoms with van der Waals surface area (Å²) in [6, 6.07) is 10.2. The Balaban J connectivity index is 2.07. The molecule has 152 valence electrons. The summed E-state index contributed by atoms with van der Waals surface area (Å²) in [6.45, 7) is 2.04. The van der Waals surface area contributed by atoms with Gasteiger partial charge in [0.15, 0.2) is 11.6 Å². The van der Waals surface area contributed by atoms with Crippen molar-refractivity contribution in [3.8, 4) is 22.9 Å². The van der Waals surface area contributed by atoms with Crippen molar-refractivity contribution in [2.24, 2.45) is 0 Å². The molecule has 0 fully saturated rings. The number of ether oxygens (including phenoxy) is 2. The highest BCUT2D eigenvalue weighted by Crippen LogP contribution is 2.41. The second-order valence-electron chi connectivity index (χ2n) is 6.37. The van der Waals surface area contributed by atoms with E-state index in [1.807, 2.05) is 31.2 Å². The summed E-state index contributed by atoms with van der Waals surface area (Å²) in [5.74, 6) is 0.101. The lowest BCUT2D eigenvalue weighted by molar-refractivity contribution is -0.386. The van der Waals surface area contributed by atoms with Crippen molar-refractivity contribution in [2.75, 3.05) is 13.4 Å². The molecule has 1 aromatic heterocycles. The zero-order valence-electron chi connectivity index (χ0n) is 16.0. The highest BCUT2D eigenvalue weighted by molar-refractivity contribution is 7.89. The zero-order chi connectivity index (χ0) is 21.2. The van der Waals surface area contributed by atoms with Crippen LogP contribution in [0.15, 0.2) is 48.8 Å². The van der Waals surface area contributed by atoms with Gasteiger partial charge in [0.1, 0.15) is 6.61 Å². The number of imidazole rings is 1. The number of methoxy groups -OCH3 is 1. The topological polar surface area (TPSA) is 114 Å². The predicted octanol–water partition coefficient (Wildman–Crippen LogP) is 3.16. The van der Waals surface area contributed by atoms with Gasteiger partial charge >= 0.3 is 5.69 Å². The smallest absolute Gasteiger partial charge is 0.315 e. The molecule has 3 aromatic rings. The summed E-state index contributed by atoms with van der Waals surface area (Å²) in [7, 11) is -2.29. The summed E-state index contributed by atoms with van der Waals surface area (Å²) in [4.78, 5) is 15.1. The molecular formula is C19H19N3O6S. The van der Waals surface area contributed by atoms with Crippen LogP contribution in [0.2, 0.25) is 0 Å². The number of aryl methyl sites for hydroxylation is 1. The molecule has 0 saturated heterocycles. The highest BCUT2D eigenvalue weighted by Gasteiger charge is 2.25. The van der Waals surface area contributed by atoms with E-state index >= 15 is 0 Å². The van der Waals surface area contributed by atoms with Gasteiger partial charge in [0.05, 0.1) is 18.3 Å². The van der Waals surface area contributed by atoms with Crippen molar-refractivity contribution in [1.82, 2.24) is 8.96 Å². The van der Waals surface area contributed by atoms with Crippen LogP contribution in [0.4, 0.5) is 5.69 Å². The number of hydrogen-bond donors (Lipinski definition) is 0. The first kappa shape index (κ1) is 20.3. The lowest BCUT2D eigenvalue weighted by atomic mass is 10.1. The van der Waals surface area contributed by atoms with E-state index in [2.05, 4.69) is 4.98 Å². The SMILES string of the molecule is COc1cc(-c2nccn2S(C)(=O)=O)cc([N+](=O)[O-])c1OCc1cccc(C)c1. The highest BCUT2D eigenvalue weighted by atomic mass is 32.2. The molecule has 9 nitrogen and oxygen atoms in total. The number of aromatic nitrogens is 2. The number of benzene rings is 2. The summed E-state index contributed by atoms with van der Waals surface area (Å²) in [5.41, 5.74) is 1.75. The lowest BCUT2D eigenvalue weighted by Crippen LogP contribution is -2.11. The molecule has 1 heterocycles. The van der Waals surface area contributed by atoms with Gasteiger partial charge in [0, 0.05) is 24.0 Å². The average molecular weight is 417 g/mol. The van der Waals surface area contributed by atoms with Crippen molar-refractivity contribution in [1.29, 1.82) is 0 Å². The molecule has 0 unspecified atom stereocenters. The third-order valence-electron chi connectivity index (χ3n) is 4.14. The normalized spacial score (nSPS) is 11.3. The van der Waals surface area contributed by atoms with Gasteiger partial charge in [-0.05, 0) is 18.6 Å². The third-order valence-corrected chi connectivity index (χ3v) is 5.15. The maximum absolute atomic E-state index is 11.9. The van der Waals surface area contributed by atoms with E-state index < -0.39 is 14.9 Å². The molecule has 0 amide bonds. The minimum absolute atomic E-state index is 0.0409. The minimum Gasteiger partial charge on any atom is -0.493 e. The molecule has 0 aliphatic rings. The van der Waals surface area contributed by atoms with Crippen LogP contribution >= 0.6 is 0 Å². The van der Waals surface area contributed by atoms with Crippen molar-refractivity contribution in [3.63, 3.8) is 0 Å². The van der Waals surface area contributed by atoms with Crippen molar-refractivity contribution in [3.05, 3.63) is 70.0 Å². The number of rotatable bonds is 7. The fraction of sp³-hybridized carbons (Fsp3) is 0.211. The molecule has 3 rings (SSSR count). The second-order valence-corrected chi connectivity index (χ2v) is 8.23. The molecule has 0 N–H and O–H groups in total. The van der Waals surface area contributed by atoms with Crippen LogP contribution in [-0.4, -0.2) is 35.7 Å². The Morgan fingerprint density at radius 3 is 2.62 bits per heavy atom. The van der Waals surface area contributed by atoms with Gasteiger partial charge in [-0.1, -0.05) is 29.8 Å². The van der Waals surface area contributed by atoms with Crippen molar-refractivity contribution in [2.45, 2.75) is 13.5 Å². The molecule has 0 aliphatic carbocycles. The first-order chi connectivity index (χ1) is 13.7. The van der Waals surface area contributed by atoms with Crippen LogP contribution in [-0.2, 0) is 16.6 Å². The van der Waals surface area contributed by atoms with Gasteiger partial charge in [-0.3, -0.25) is 10.1 Å². The van der Waals surface area contributed by atoms with Gasteiger partial charge in [-0.25, -0.2) is 17.4 Å². The van der Waals surface area contributed by atoms with E-state index in [1.54, 1.807) is 0 Å². The van der Waals surface area contributed by atoms with E-state index in [1.165, 1.54) is 31.6 Å². The summed E-state index contributed by atoms with van der Waals surface area (Å²) >= 11 is 0. The van der Waals surface area contributed by atoms with E-state index in [-0.39, 0.29) is 35.2 Å². The monoisotopic (exact) mass is 417 g/mol.